The van der Waals surface area contributed by atoms with Crippen molar-refractivity contribution in [2.45, 2.75) is 56.6 Å². The molecule has 1 saturated carbocycles. The average molecular weight is 490 g/mol. The van der Waals surface area contributed by atoms with Crippen LogP contribution in [0.2, 0.25) is 0 Å². The summed E-state index contributed by atoms with van der Waals surface area (Å²) in [4.78, 5) is 40.7. The lowest BCUT2D eigenvalue weighted by Crippen LogP contribution is -2.51. The Kier molecular flexibility index (Phi) is 6.09. The van der Waals surface area contributed by atoms with Gasteiger partial charge in [0.15, 0.2) is 11.4 Å². The molecule has 1 unspecified atom stereocenters. The number of rotatable bonds is 4. The summed E-state index contributed by atoms with van der Waals surface area (Å²) in [6.45, 7) is 0.0941. The summed E-state index contributed by atoms with van der Waals surface area (Å²) in [5.41, 5.74) is -1.32. The van der Waals surface area contributed by atoms with E-state index in [0.717, 1.165) is 37.5 Å². The minimum absolute atomic E-state index is 0.0546. The number of thioether (sulfide) groups is 1. The molecule has 2 amide bonds. The van der Waals surface area contributed by atoms with Gasteiger partial charge in [0.05, 0.1) is 11.9 Å². The van der Waals surface area contributed by atoms with E-state index in [-0.39, 0.29) is 40.7 Å². The zero-order chi connectivity index (χ0) is 24.0. The minimum Gasteiger partial charge on any atom is -0.503 e. The molecular formula is C24H25F2N3O4S. The normalized spacial score (nSPS) is 22.4. The molecule has 1 aromatic heterocycles. The van der Waals surface area contributed by atoms with E-state index in [2.05, 4.69) is 5.32 Å². The quantitative estimate of drug-likeness (QED) is 0.688. The highest BCUT2D eigenvalue weighted by atomic mass is 32.2. The van der Waals surface area contributed by atoms with E-state index in [0.29, 0.717) is 18.5 Å². The van der Waals surface area contributed by atoms with Gasteiger partial charge in [-0.2, -0.15) is 0 Å². The highest BCUT2D eigenvalue weighted by Crippen LogP contribution is 2.42. The van der Waals surface area contributed by atoms with Crippen molar-refractivity contribution in [3.8, 4) is 5.75 Å². The molecule has 5 rings (SSSR count). The van der Waals surface area contributed by atoms with Gasteiger partial charge in [0, 0.05) is 36.2 Å². The lowest BCUT2D eigenvalue weighted by atomic mass is 9.83. The number of aromatic hydroxyl groups is 1. The molecule has 2 fully saturated rings. The summed E-state index contributed by atoms with van der Waals surface area (Å²) >= 11 is 1.68. The Morgan fingerprint density at radius 1 is 1.18 bits per heavy atom. The first kappa shape index (κ1) is 22.9. The molecule has 0 spiro atoms. The van der Waals surface area contributed by atoms with Gasteiger partial charge in [0.25, 0.3) is 11.8 Å². The molecular weight excluding hydrogens is 464 g/mol. The van der Waals surface area contributed by atoms with Crippen molar-refractivity contribution in [1.82, 2.24) is 14.8 Å². The van der Waals surface area contributed by atoms with E-state index >= 15 is 0 Å². The molecule has 2 aromatic rings. The summed E-state index contributed by atoms with van der Waals surface area (Å²) in [6, 6.07) is 3.06. The summed E-state index contributed by atoms with van der Waals surface area (Å²) < 4.78 is 28.4. The highest BCUT2D eigenvalue weighted by molar-refractivity contribution is 8.00. The molecule has 1 aromatic carbocycles. The largest absolute Gasteiger partial charge is 0.503 e. The maximum absolute atomic E-state index is 13.9. The molecule has 0 radical (unpaired) electrons. The standard InChI is InChI=1S/C24H25F2N3O4S/c25-15-7-6-14(17(26)8-15)9-27-23(32)16-10-28-11-19-29(24(33)20(28)22(31)21(16)30)18(12-34-19)13-4-2-1-3-5-13/h6-8,10,13,18-19,31H,1-5,9,11-12H2,(H,27,32)/t18-,19?/m1/s1. The van der Waals surface area contributed by atoms with Crippen LogP contribution < -0.4 is 10.7 Å². The molecule has 7 nitrogen and oxygen atoms in total. The number of hydrogen-bond acceptors (Lipinski definition) is 5. The van der Waals surface area contributed by atoms with Gasteiger partial charge in [-0.25, -0.2) is 8.78 Å². The first-order chi connectivity index (χ1) is 16.3. The molecule has 10 heteroatoms. The Hall–Kier alpha value is -2.88. The summed E-state index contributed by atoms with van der Waals surface area (Å²) in [7, 11) is 0. The number of pyridine rings is 1. The van der Waals surface area contributed by atoms with Gasteiger partial charge in [-0.05, 0) is 24.8 Å². The van der Waals surface area contributed by atoms with Gasteiger partial charge >= 0.3 is 0 Å². The van der Waals surface area contributed by atoms with Gasteiger partial charge in [0.2, 0.25) is 5.43 Å². The van der Waals surface area contributed by atoms with Crippen LogP contribution >= 0.6 is 11.8 Å². The fourth-order valence-electron chi connectivity index (χ4n) is 5.29. The van der Waals surface area contributed by atoms with E-state index in [4.69, 9.17) is 0 Å². The number of carbonyl (C=O) groups excluding carboxylic acids is 2. The molecule has 1 aliphatic carbocycles. The van der Waals surface area contributed by atoms with Crippen LogP contribution in [0, 0.1) is 17.6 Å². The Morgan fingerprint density at radius 3 is 2.68 bits per heavy atom. The maximum atomic E-state index is 13.9. The van der Waals surface area contributed by atoms with Crippen molar-refractivity contribution in [2.24, 2.45) is 5.92 Å². The van der Waals surface area contributed by atoms with Crippen LogP contribution in [0.15, 0.2) is 29.2 Å². The van der Waals surface area contributed by atoms with Crippen molar-refractivity contribution in [2.75, 3.05) is 5.75 Å². The van der Waals surface area contributed by atoms with Crippen LogP contribution in [0.1, 0.15) is 58.5 Å². The maximum Gasteiger partial charge on any atom is 0.275 e. The smallest absolute Gasteiger partial charge is 0.275 e. The zero-order valence-electron chi connectivity index (χ0n) is 18.4. The van der Waals surface area contributed by atoms with Crippen LogP contribution in [-0.4, -0.2) is 43.6 Å². The Balaban J connectivity index is 1.39. The van der Waals surface area contributed by atoms with Gasteiger partial charge in [-0.15, -0.1) is 11.8 Å². The molecule has 2 atom stereocenters. The lowest BCUT2D eigenvalue weighted by molar-refractivity contribution is 0.0526. The number of carbonyl (C=O) groups is 2. The number of nitrogens with one attached hydrogen (secondary N) is 1. The number of aromatic nitrogens is 1. The second kappa shape index (κ2) is 9.05. The SMILES string of the molecule is O=C(NCc1ccc(F)cc1F)c1cn2c(c(O)c1=O)C(=O)N1C(C2)SC[C@@H]1C1CCCCC1. The molecule has 3 aliphatic rings. The van der Waals surface area contributed by atoms with Crippen LogP contribution in [-0.2, 0) is 13.1 Å². The summed E-state index contributed by atoms with van der Waals surface area (Å²) in [5.74, 6) is -2.26. The van der Waals surface area contributed by atoms with Gasteiger partial charge in [0.1, 0.15) is 17.2 Å². The average Bonchev–Trinajstić information content (AvgIpc) is 3.25. The van der Waals surface area contributed by atoms with E-state index < -0.39 is 28.7 Å². The van der Waals surface area contributed by atoms with Crippen LogP contribution in [0.25, 0.3) is 0 Å². The van der Waals surface area contributed by atoms with Gasteiger partial charge in [-0.3, -0.25) is 14.4 Å². The molecule has 0 bridgehead atoms. The second-order valence-electron chi connectivity index (χ2n) is 9.11. The fraction of sp³-hybridized carbons (Fsp3) is 0.458. The number of benzene rings is 1. The number of nitrogens with zero attached hydrogens (tertiary/aromatic N) is 2. The Morgan fingerprint density at radius 2 is 1.94 bits per heavy atom. The third-order valence-corrected chi connectivity index (χ3v) is 8.36. The highest BCUT2D eigenvalue weighted by Gasteiger charge is 2.46. The van der Waals surface area contributed by atoms with Gasteiger partial charge < -0.3 is 19.9 Å². The first-order valence-corrected chi connectivity index (χ1v) is 12.5. The monoisotopic (exact) mass is 489 g/mol. The van der Waals surface area contributed by atoms with Crippen LogP contribution in [0.3, 0.4) is 0 Å². The van der Waals surface area contributed by atoms with E-state index in [1.54, 1.807) is 11.8 Å². The van der Waals surface area contributed by atoms with E-state index in [1.165, 1.54) is 23.3 Å². The summed E-state index contributed by atoms with van der Waals surface area (Å²) in [6.07, 6.45) is 6.96. The number of fused-ring (bicyclic) bond motifs is 2. The van der Waals surface area contributed by atoms with Crippen LogP contribution in [0.5, 0.6) is 5.75 Å². The fourth-order valence-corrected chi connectivity index (χ4v) is 6.83. The number of hydrogen-bond donors (Lipinski definition) is 2. The van der Waals surface area contributed by atoms with Crippen molar-refractivity contribution in [3.63, 3.8) is 0 Å². The van der Waals surface area contributed by atoms with Crippen molar-refractivity contribution < 1.29 is 23.5 Å². The van der Waals surface area contributed by atoms with Crippen molar-refractivity contribution in [3.05, 3.63) is 63.1 Å². The third kappa shape index (κ3) is 3.97. The predicted molar refractivity (Wildman–Crippen MR) is 123 cm³/mol. The topological polar surface area (TPSA) is 91.6 Å². The Labute approximate surface area is 199 Å². The van der Waals surface area contributed by atoms with Gasteiger partial charge in [-0.1, -0.05) is 25.3 Å². The first-order valence-electron chi connectivity index (χ1n) is 11.5. The number of amides is 2. The minimum atomic E-state index is -0.948. The number of halogens is 2. The molecule has 34 heavy (non-hydrogen) atoms. The predicted octanol–water partition coefficient (Wildman–Crippen LogP) is 3.24. The Bertz CT molecular complexity index is 1210. The summed E-state index contributed by atoms with van der Waals surface area (Å²) in [5, 5.41) is 13.0. The second-order valence-corrected chi connectivity index (χ2v) is 10.3. The van der Waals surface area contributed by atoms with Crippen LogP contribution in [0.4, 0.5) is 8.78 Å². The molecule has 2 N–H and O–H groups in total. The molecule has 2 aliphatic heterocycles. The molecule has 1 saturated heterocycles. The third-order valence-electron chi connectivity index (χ3n) is 7.07. The zero-order valence-corrected chi connectivity index (χ0v) is 19.2. The molecule has 3 heterocycles. The van der Waals surface area contributed by atoms with E-state index in [9.17, 15) is 28.3 Å². The molecule has 180 valence electrons. The van der Waals surface area contributed by atoms with E-state index in [1.807, 2.05) is 4.90 Å². The lowest BCUT2D eigenvalue weighted by Gasteiger charge is -2.39. The van der Waals surface area contributed by atoms with Crippen molar-refractivity contribution in [1.29, 1.82) is 0 Å². The van der Waals surface area contributed by atoms with Crippen molar-refractivity contribution >= 4 is 23.6 Å².